The lowest BCUT2D eigenvalue weighted by atomic mass is 9.83. The van der Waals surface area contributed by atoms with E-state index >= 15 is 0 Å². The van der Waals surface area contributed by atoms with Crippen molar-refractivity contribution in [3.8, 4) is 5.75 Å². The number of rotatable bonds is 6. The number of amides is 1. The minimum atomic E-state index is -0.809. The summed E-state index contributed by atoms with van der Waals surface area (Å²) in [5.74, 6) is -0.0937. The second kappa shape index (κ2) is 9.13. The number of benzene rings is 2. The maximum Gasteiger partial charge on any atom is 0.222 e. The number of halogens is 2. The molecule has 2 fully saturated rings. The molecular weight excluding hydrogens is 386 g/mol. The zero-order chi connectivity index (χ0) is 21.1. The highest BCUT2D eigenvalue weighted by molar-refractivity contribution is 5.77. The molecule has 30 heavy (non-hydrogen) atoms. The van der Waals surface area contributed by atoms with Crippen molar-refractivity contribution in [3.63, 3.8) is 0 Å². The van der Waals surface area contributed by atoms with Crippen LogP contribution in [-0.4, -0.2) is 48.5 Å². The van der Waals surface area contributed by atoms with Crippen molar-refractivity contribution in [2.45, 2.75) is 38.3 Å². The van der Waals surface area contributed by atoms with Crippen molar-refractivity contribution in [1.29, 1.82) is 0 Å². The summed E-state index contributed by atoms with van der Waals surface area (Å²) in [5.41, 5.74) is 1.98. The van der Waals surface area contributed by atoms with E-state index in [1.165, 1.54) is 17.7 Å². The Hall–Kier alpha value is -2.47. The molecule has 2 aliphatic rings. The van der Waals surface area contributed by atoms with Crippen LogP contribution in [0.15, 0.2) is 42.5 Å². The van der Waals surface area contributed by atoms with Crippen molar-refractivity contribution < 1.29 is 18.3 Å². The second-order valence-electron chi connectivity index (χ2n) is 8.32. The first-order chi connectivity index (χ1) is 14.5. The van der Waals surface area contributed by atoms with E-state index < -0.39 is 11.6 Å². The summed E-state index contributed by atoms with van der Waals surface area (Å²) in [5, 5.41) is 0. The Morgan fingerprint density at radius 3 is 2.53 bits per heavy atom. The molecule has 2 aromatic carbocycles. The van der Waals surface area contributed by atoms with Crippen LogP contribution in [0, 0.1) is 17.6 Å². The van der Waals surface area contributed by atoms with Gasteiger partial charge in [-0.2, -0.15) is 0 Å². The molecule has 2 atom stereocenters. The van der Waals surface area contributed by atoms with Crippen LogP contribution in [0.3, 0.4) is 0 Å². The predicted molar refractivity (Wildman–Crippen MR) is 111 cm³/mol. The van der Waals surface area contributed by atoms with E-state index in [0.29, 0.717) is 18.9 Å². The van der Waals surface area contributed by atoms with Gasteiger partial charge in [-0.3, -0.25) is 9.69 Å². The number of hydrogen-bond acceptors (Lipinski definition) is 3. The van der Waals surface area contributed by atoms with Crippen molar-refractivity contribution in [2.75, 3.05) is 26.7 Å². The van der Waals surface area contributed by atoms with Gasteiger partial charge in [0.15, 0.2) is 11.6 Å². The molecule has 0 radical (unpaired) electrons. The van der Waals surface area contributed by atoms with Gasteiger partial charge in [0.2, 0.25) is 5.91 Å². The van der Waals surface area contributed by atoms with Gasteiger partial charge in [-0.05, 0) is 60.6 Å². The molecule has 2 aromatic rings. The molecule has 4 nitrogen and oxygen atoms in total. The average molecular weight is 414 g/mol. The quantitative estimate of drug-likeness (QED) is 0.716. The van der Waals surface area contributed by atoms with E-state index in [-0.39, 0.29) is 11.9 Å². The predicted octanol–water partition coefficient (Wildman–Crippen LogP) is 4.03. The molecule has 0 spiro atoms. The van der Waals surface area contributed by atoms with E-state index in [2.05, 4.69) is 21.9 Å². The van der Waals surface area contributed by atoms with E-state index in [4.69, 9.17) is 4.74 Å². The maximum absolute atomic E-state index is 13.5. The lowest BCUT2D eigenvalue weighted by Crippen LogP contribution is -2.56. The molecule has 2 heterocycles. The second-order valence-corrected chi connectivity index (χ2v) is 8.32. The Morgan fingerprint density at radius 1 is 1.03 bits per heavy atom. The monoisotopic (exact) mass is 414 g/mol. The fraction of sp³-hybridized carbons (Fsp3) is 0.458. The normalized spacial score (nSPS) is 22.1. The SMILES string of the molecule is COc1ccc(CCN2C(=O)CC[C@@H]3CN(Cc4ccc(F)c(F)c4)CC[C@@H]32)cc1. The lowest BCUT2D eigenvalue weighted by molar-refractivity contribution is -0.141. The summed E-state index contributed by atoms with van der Waals surface area (Å²) in [6, 6.07) is 12.4. The molecule has 0 unspecified atom stereocenters. The molecule has 0 saturated carbocycles. The zero-order valence-corrected chi connectivity index (χ0v) is 17.3. The summed E-state index contributed by atoms with van der Waals surface area (Å²) < 4.78 is 31.9. The molecule has 0 aliphatic carbocycles. The smallest absolute Gasteiger partial charge is 0.222 e. The third kappa shape index (κ3) is 4.64. The van der Waals surface area contributed by atoms with Gasteiger partial charge in [-0.15, -0.1) is 0 Å². The van der Waals surface area contributed by atoms with Crippen molar-refractivity contribution in [3.05, 3.63) is 65.2 Å². The molecule has 2 aliphatic heterocycles. The van der Waals surface area contributed by atoms with E-state index in [9.17, 15) is 13.6 Å². The number of hydrogen-bond donors (Lipinski definition) is 0. The maximum atomic E-state index is 13.5. The third-order valence-corrected chi connectivity index (χ3v) is 6.42. The van der Waals surface area contributed by atoms with Crippen LogP contribution in [0.4, 0.5) is 8.78 Å². The summed E-state index contributed by atoms with van der Waals surface area (Å²) in [4.78, 5) is 17.0. The van der Waals surface area contributed by atoms with Gasteiger partial charge in [-0.25, -0.2) is 8.78 Å². The molecule has 0 bridgehead atoms. The Morgan fingerprint density at radius 2 is 1.80 bits per heavy atom. The zero-order valence-electron chi connectivity index (χ0n) is 17.3. The summed E-state index contributed by atoms with van der Waals surface area (Å²) >= 11 is 0. The van der Waals surface area contributed by atoms with Gasteiger partial charge in [0.05, 0.1) is 7.11 Å². The summed E-state index contributed by atoms with van der Waals surface area (Å²) in [6.07, 6.45) is 3.24. The molecule has 4 rings (SSSR count). The van der Waals surface area contributed by atoms with Crippen LogP contribution in [0.25, 0.3) is 0 Å². The molecule has 1 amide bonds. The van der Waals surface area contributed by atoms with Crippen LogP contribution >= 0.6 is 0 Å². The van der Waals surface area contributed by atoms with Crippen molar-refractivity contribution >= 4 is 5.91 Å². The molecule has 2 saturated heterocycles. The number of methoxy groups -OCH3 is 1. The molecule has 160 valence electrons. The number of nitrogens with zero attached hydrogens (tertiary/aromatic N) is 2. The largest absolute Gasteiger partial charge is 0.497 e. The Labute approximate surface area is 176 Å². The summed E-state index contributed by atoms with van der Waals surface area (Å²) in [6.45, 7) is 3.08. The Bertz CT molecular complexity index is 887. The van der Waals surface area contributed by atoms with E-state index in [1.807, 2.05) is 12.1 Å². The third-order valence-electron chi connectivity index (χ3n) is 6.42. The average Bonchev–Trinajstić information content (AvgIpc) is 2.76. The Kier molecular flexibility index (Phi) is 6.32. The number of carbonyl (C=O) groups excluding carboxylic acids is 1. The standard InChI is InChI=1S/C24H28F2N2O2/c1-30-20-6-2-17(3-7-20)10-13-28-23-11-12-27(16-19(23)5-9-24(28)29)15-18-4-8-21(25)22(26)14-18/h2-4,6-8,14,19,23H,5,9-13,15-16H2,1H3/t19-,23+/m1/s1. The highest BCUT2D eigenvalue weighted by Gasteiger charge is 2.38. The lowest BCUT2D eigenvalue weighted by Gasteiger charge is -2.47. The number of fused-ring (bicyclic) bond motifs is 1. The van der Waals surface area contributed by atoms with Gasteiger partial charge < -0.3 is 9.64 Å². The topological polar surface area (TPSA) is 32.8 Å². The minimum Gasteiger partial charge on any atom is -0.497 e. The fourth-order valence-corrected chi connectivity index (χ4v) is 4.80. The first-order valence-corrected chi connectivity index (χ1v) is 10.6. The highest BCUT2D eigenvalue weighted by atomic mass is 19.2. The van der Waals surface area contributed by atoms with Crippen LogP contribution in [0.1, 0.15) is 30.4 Å². The van der Waals surface area contributed by atoms with Gasteiger partial charge in [0, 0.05) is 38.6 Å². The molecule has 6 heteroatoms. The number of carbonyl (C=O) groups is 1. The molecule has 0 N–H and O–H groups in total. The van der Waals surface area contributed by atoms with Crippen LogP contribution in [-0.2, 0) is 17.8 Å². The molecule has 0 aromatic heterocycles. The van der Waals surface area contributed by atoms with Crippen molar-refractivity contribution in [2.24, 2.45) is 5.92 Å². The molecular formula is C24H28F2N2O2. The van der Waals surface area contributed by atoms with E-state index in [0.717, 1.165) is 50.2 Å². The van der Waals surface area contributed by atoms with Gasteiger partial charge >= 0.3 is 0 Å². The van der Waals surface area contributed by atoms with Crippen molar-refractivity contribution in [1.82, 2.24) is 9.80 Å². The first-order valence-electron chi connectivity index (χ1n) is 10.6. The van der Waals surface area contributed by atoms with E-state index in [1.54, 1.807) is 13.2 Å². The van der Waals surface area contributed by atoms with Gasteiger partial charge in [0.1, 0.15) is 5.75 Å². The Balaban J connectivity index is 1.36. The number of ether oxygens (including phenoxy) is 1. The van der Waals surface area contributed by atoms with Crippen LogP contribution < -0.4 is 4.74 Å². The first kappa shape index (κ1) is 20.8. The summed E-state index contributed by atoms with van der Waals surface area (Å²) in [7, 11) is 1.65. The van der Waals surface area contributed by atoms with Crippen LogP contribution in [0.2, 0.25) is 0 Å². The fourth-order valence-electron chi connectivity index (χ4n) is 4.80. The van der Waals surface area contributed by atoms with Gasteiger partial charge in [-0.1, -0.05) is 18.2 Å². The number of likely N-dealkylation sites (tertiary alicyclic amines) is 2. The van der Waals surface area contributed by atoms with Gasteiger partial charge in [0.25, 0.3) is 0 Å². The number of piperidine rings is 2. The highest BCUT2D eigenvalue weighted by Crippen LogP contribution is 2.32. The van der Waals surface area contributed by atoms with Crippen LogP contribution in [0.5, 0.6) is 5.75 Å². The minimum absolute atomic E-state index is 0.249.